The zero-order valence-electron chi connectivity index (χ0n) is 12.5. The standard InChI is InChI=1S/C9H15N5.C4H4O4/c1-3-14-11-9(10-12-14)8-6-4-5-7-13(8)2;5-3(6)1-2-4(7)8/h4,6,8H,3,5,7H2,1-2H3;1-2H,(H,5,6)(H,7,8)/b;2-1-. The smallest absolute Gasteiger partial charge is 0.328 e. The lowest BCUT2D eigenvalue weighted by molar-refractivity contribution is -0.134. The zero-order valence-corrected chi connectivity index (χ0v) is 12.5. The molecule has 0 saturated heterocycles. The van der Waals surface area contributed by atoms with Crippen LogP contribution in [-0.4, -0.2) is 60.9 Å². The van der Waals surface area contributed by atoms with Gasteiger partial charge in [-0.25, -0.2) is 9.59 Å². The van der Waals surface area contributed by atoms with Crippen LogP contribution in [0.25, 0.3) is 0 Å². The summed E-state index contributed by atoms with van der Waals surface area (Å²) in [4.78, 5) is 23.0. The van der Waals surface area contributed by atoms with E-state index in [2.05, 4.69) is 39.5 Å². The molecule has 0 radical (unpaired) electrons. The van der Waals surface area contributed by atoms with Gasteiger partial charge in [-0.05, 0) is 25.6 Å². The van der Waals surface area contributed by atoms with Gasteiger partial charge in [0.1, 0.15) is 0 Å². The number of rotatable bonds is 4. The second kappa shape index (κ2) is 8.67. The molecule has 1 aliphatic rings. The van der Waals surface area contributed by atoms with Gasteiger partial charge in [-0.3, -0.25) is 4.90 Å². The van der Waals surface area contributed by atoms with Crippen LogP contribution < -0.4 is 0 Å². The number of carboxylic acid groups (broad SMARTS) is 2. The highest BCUT2D eigenvalue weighted by molar-refractivity contribution is 5.89. The van der Waals surface area contributed by atoms with E-state index in [-0.39, 0.29) is 6.04 Å². The summed E-state index contributed by atoms with van der Waals surface area (Å²) < 4.78 is 0. The molecule has 9 nitrogen and oxygen atoms in total. The minimum absolute atomic E-state index is 0.198. The zero-order chi connectivity index (χ0) is 16.5. The van der Waals surface area contributed by atoms with E-state index in [9.17, 15) is 9.59 Å². The van der Waals surface area contributed by atoms with Crippen LogP contribution in [0.2, 0.25) is 0 Å². The molecule has 2 rings (SSSR count). The Kier molecular flexibility index (Phi) is 6.90. The van der Waals surface area contributed by atoms with Gasteiger partial charge in [-0.1, -0.05) is 12.2 Å². The van der Waals surface area contributed by atoms with Crippen LogP contribution in [0.15, 0.2) is 24.3 Å². The van der Waals surface area contributed by atoms with Crippen molar-refractivity contribution in [3.8, 4) is 0 Å². The first-order valence-corrected chi connectivity index (χ1v) is 6.72. The first kappa shape index (κ1) is 17.5. The van der Waals surface area contributed by atoms with Crippen molar-refractivity contribution < 1.29 is 19.8 Å². The third kappa shape index (κ3) is 5.83. The van der Waals surface area contributed by atoms with Gasteiger partial charge in [0.15, 0.2) is 5.82 Å². The van der Waals surface area contributed by atoms with Crippen LogP contribution in [0.4, 0.5) is 0 Å². The number of aliphatic carboxylic acids is 2. The molecule has 1 aromatic rings. The molecule has 0 saturated carbocycles. The fourth-order valence-electron chi connectivity index (χ4n) is 1.72. The fourth-order valence-corrected chi connectivity index (χ4v) is 1.72. The number of carboxylic acids is 2. The molecule has 0 spiro atoms. The average Bonchev–Trinajstić information content (AvgIpc) is 2.95. The van der Waals surface area contributed by atoms with E-state index in [0.29, 0.717) is 12.2 Å². The molecule has 120 valence electrons. The molecule has 0 bridgehead atoms. The number of hydrogen-bond donors (Lipinski definition) is 2. The minimum Gasteiger partial charge on any atom is -0.478 e. The van der Waals surface area contributed by atoms with Crippen LogP contribution in [0, 0.1) is 0 Å². The van der Waals surface area contributed by atoms with Gasteiger partial charge < -0.3 is 10.2 Å². The number of likely N-dealkylation sites (N-methyl/N-ethyl adjacent to an activating group) is 1. The number of tetrazole rings is 1. The molecular weight excluding hydrogens is 290 g/mol. The molecule has 1 aliphatic heterocycles. The van der Waals surface area contributed by atoms with Gasteiger partial charge in [0, 0.05) is 18.7 Å². The van der Waals surface area contributed by atoms with Crippen LogP contribution in [0.3, 0.4) is 0 Å². The Morgan fingerprint density at radius 1 is 1.36 bits per heavy atom. The molecule has 22 heavy (non-hydrogen) atoms. The Morgan fingerprint density at radius 2 is 2.00 bits per heavy atom. The van der Waals surface area contributed by atoms with Gasteiger partial charge in [0.05, 0.1) is 12.6 Å². The van der Waals surface area contributed by atoms with E-state index in [4.69, 9.17) is 10.2 Å². The number of aromatic nitrogens is 4. The van der Waals surface area contributed by atoms with Crippen molar-refractivity contribution in [2.24, 2.45) is 0 Å². The minimum atomic E-state index is -1.26. The van der Waals surface area contributed by atoms with Crippen LogP contribution in [0.1, 0.15) is 25.2 Å². The Bertz CT molecular complexity index is 551. The lowest BCUT2D eigenvalue weighted by Crippen LogP contribution is -2.27. The molecule has 2 heterocycles. The molecule has 0 fully saturated rings. The quantitative estimate of drug-likeness (QED) is 0.603. The predicted octanol–water partition coefficient (Wildman–Crippen LogP) is 0.338. The maximum absolute atomic E-state index is 9.55. The SMILES string of the molecule is CCn1nnc(C2C=CCCN2C)n1.O=C(O)/C=C\C(=O)O. The molecule has 2 N–H and O–H groups in total. The summed E-state index contributed by atoms with van der Waals surface area (Å²) in [5.74, 6) is -1.72. The Balaban J connectivity index is 0.000000261. The molecule has 0 aliphatic carbocycles. The van der Waals surface area contributed by atoms with Gasteiger partial charge >= 0.3 is 11.9 Å². The summed E-state index contributed by atoms with van der Waals surface area (Å²) in [5.41, 5.74) is 0. The Hall–Kier alpha value is -2.55. The van der Waals surface area contributed by atoms with Gasteiger partial charge in [-0.15, -0.1) is 10.2 Å². The second-order valence-electron chi connectivity index (χ2n) is 4.49. The summed E-state index contributed by atoms with van der Waals surface area (Å²) in [5, 5.41) is 27.9. The number of aryl methyl sites for hydroxylation is 1. The summed E-state index contributed by atoms with van der Waals surface area (Å²) in [6.07, 6.45) is 6.54. The van der Waals surface area contributed by atoms with Crippen LogP contribution >= 0.6 is 0 Å². The van der Waals surface area contributed by atoms with Gasteiger partial charge in [0.25, 0.3) is 0 Å². The maximum atomic E-state index is 9.55. The van der Waals surface area contributed by atoms with Crippen LogP contribution in [-0.2, 0) is 16.1 Å². The molecule has 1 aromatic heterocycles. The van der Waals surface area contributed by atoms with E-state index in [1.54, 1.807) is 4.80 Å². The third-order valence-electron chi connectivity index (χ3n) is 2.83. The lowest BCUT2D eigenvalue weighted by Gasteiger charge is -2.25. The third-order valence-corrected chi connectivity index (χ3v) is 2.83. The van der Waals surface area contributed by atoms with E-state index in [0.717, 1.165) is 25.3 Å². The fraction of sp³-hybridized carbons (Fsp3) is 0.462. The van der Waals surface area contributed by atoms with Crippen molar-refractivity contribution in [1.29, 1.82) is 0 Å². The van der Waals surface area contributed by atoms with Gasteiger partial charge in [-0.2, -0.15) is 4.80 Å². The largest absolute Gasteiger partial charge is 0.478 e. The van der Waals surface area contributed by atoms with Crippen molar-refractivity contribution in [3.63, 3.8) is 0 Å². The average molecular weight is 309 g/mol. The van der Waals surface area contributed by atoms with E-state index in [1.165, 1.54) is 0 Å². The topological polar surface area (TPSA) is 121 Å². The molecule has 1 unspecified atom stereocenters. The molecular formula is C13H19N5O4. The molecule has 9 heteroatoms. The lowest BCUT2D eigenvalue weighted by atomic mass is 10.1. The highest BCUT2D eigenvalue weighted by Crippen LogP contribution is 2.20. The summed E-state index contributed by atoms with van der Waals surface area (Å²) in [6, 6.07) is 0.198. The summed E-state index contributed by atoms with van der Waals surface area (Å²) in [6.45, 7) is 3.83. The van der Waals surface area contributed by atoms with Crippen molar-refractivity contribution in [2.45, 2.75) is 25.9 Å². The maximum Gasteiger partial charge on any atom is 0.328 e. The van der Waals surface area contributed by atoms with E-state index in [1.807, 2.05) is 6.92 Å². The first-order valence-electron chi connectivity index (χ1n) is 6.72. The summed E-state index contributed by atoms with van der Waals surface area (Å²) >= 11 is 0. The molecule has 0 aromatic carbocycles. The van der Waals surface area contributed by atoms with Crippen molar-refractivity contribution >= 4 is 11.9 Å². The van der Waals surface area contributed by atoms with Crippen LogP contribution in [0.5, 0.6) is 0 Å². The number of nitrogens with zero attached hydrogens (tertiary/aromatic N) is 5. The first-order chi connectivity index (χ1) is 10.4. The summed E-state index contributed by atoms with van der Waals surface area (Å²) in [7, 11) is 2.08. The van der Waals surface area contributed by atoms with E-state index < -0.39 is 11.9 Å². The predicted molar refractivity (Wildman–Crippen MR) is 77.0 cm³/mol. The molecule has 1 atom stereocenters. The highest BCUT2D eigenvalue weighted by atomic mass is 16.4. The molecule has 0 amide bonds. The van der Waals surface area contributed by atoms with Gasteiger partial charge in [0.2, 0.25) is 0 Å². The number of hydrogen-bond acceptors (Lipinski definition) is 6. The van der Waals surface area contributed by atoms with Crippen molar-refractivity contribution in [3.05, 3.63) is 30.1 Å². The van der Waals surface area contributed by atoms with E-state index >= 15 is 0 Å². The Morgan fingerprint density at radius 3 is 2.45 bits per heavy atom. The Labute approximate surface area is 127 Å². The van der Waals surface area contributed by atoms with Crippen molar-refractivity contribution in [2.75, 3.05) is 13.6 Å². The normalized spacial score (nSPS) is 18.0. The van der Waals surface area contributed by atoms with Crippen molar-refractivity contribution in [1.82, 2.24) is 25.1 Å². The highest BCUT2D eigenvalue weighted by Gasteiger charge is 2.20. The monoisotopic (exact) mass is 309 g/mol. The second-order valence-corrected chi connectivity index (χ2v) is 4.49. The number of carbonyl (C=O) groups is 2.